The van der Waals surface area contributed by atoms with Crippen molar-refractivity contribution in [2.24, 2.45) is 5.73 Å². The van der Waals surface area contributed by atoms with Gasteiger partial charge in [-0.15, -0.1) is 0 Å². The molecular formula is C26H33ClN8O4S. The molecule has 0 unspecified atom stereocenters. The summed E-state index contributed by atoms with van der Waals surface area (Å²) in [5.41, 5.74) is 7.86. The average molecular weight is 589 g/mol. The van der Waals surface area contributed by atoms with Crippen LogP contribution in [0.2, 0.25) is 5.02 Å². The van der Waals surface area contributed by atoms with Crippen molar-refractivity contribution in [3.05, 3.63) is 46.6 Å². The van der Waals surface area contributed by atoms with Crippen LogP contribution in [0, 0.1) is 0 Å². The molecule has 12 nitrogen and oxygen atoms in total. The maximum Gasteiger partial charge on any atom is 0.256 e. The number of aliphatic hydroxyl groups is 1. The van der Waals surface area contributed by atoms with Gasteiger partial charge in [0.2, 0.25) is 10.0 Å². The molecule has 3 fully saturated rings. The molecule has 214 valence electrons. The number of hydrogen-bond acceptors (Lipinski definition) is 9. The van der Waals surface area contributed by atoms with Crippen molar-refractivity contribution in [1.82, 2.24) is 19.5 Å². The summed E-state index contributed by atoms with van der Waals surface area (Å²) in [6, 6.07) is 7.77. The van der Waals surface area contributed by atoms with E-state index in [9.17, 15) is 18.3 Å². The topological polar surface area (TPSA) is 149 Å². The molecule has 0 spiro atoms. The Morgan fingerprint density at radius 3 is 2.58 bits per heavy atom. The van der Waals surface area contributed by atoms with E-state index in [1.165, 1.54) is 12.1 Å². The van der Waals surface area contributed by atoms with E-state index in [-0.39, 0.29) is 29.2 Å². The maximum atomic E-state index is 13.9. The van der Waals surface area contributed by atoms with Crippen molar-refractivity contribution in [3.63, 3.8) is 0 Å². The largest absolute Gasteiger partial charge is 0.390 e. The molecule has 3 aliphatic heterocycles. The minimum Gasteiger partial charge on any atom is -0.390 e. The number of fused-ring (bicyclic) bond motifs is 1. The minimum absolute atomic E-state index is 0.184. The molecule has 14 heteroatoms. The molecule has 0 aliphatic carbocycles. The van der Waals surface area contributed by atoms with Crippen LogP contribution in [-0.2, 0) is 10.0 Å². The number of amides is 1. The van der Waals surface area contributed by atoms with Gasteiger partial charge in [0.1, 0.15) is 11.6 Å². The number of aliphatic hydroxyl groups excluding tert-OH is 1. The molecule has 40 heavy (non-hydrogen) atoms. The highest BCUT2D eigenvalue weighted by molar-refractivity contribution is 7.92. The first-order valence-electron chi connectivity index (χ1n) is 13.5. The summed E-state index contributed by atoms with van der Waals surface area (Å²) < 4.78 is 28.2. The Labute approximate surface area is 237 Å². The lowest BCUT2D eigenvalue weighted by molar-refractivity contribution is 0.0607. The van der Waals surface area contributed by atoms with Gasteiger partial charge in [-0.3, -0.25) is 9.52 Å². The number of benzene rings is 1. The van der Waals surface area contributed by atoms with Crippen molar-refractivity contribution in [1.29, 1.82) is 0 Å². The van der Waals surface area contributed by atoms with E-state index in [1.807, 2.05) is 17.0 Å². The summed E-state index contributed by atoms with van der Waals surface area (Å²) in [5.74, 6) is 1.33. The summed E-state index contributed by atoms with van der Waals surface area (Å²) in [5, 5.41) is 15.6. The summed E-state index contributed by atoms with van der Waals surface area (Å²) >= 11 is 6.23. The van der Waals surface area contributed by atoms with Crippen LogP contribution in [-0.4, -0.2) is 90.1 Å². The number of piperidine rings is 1. The normalized spacial score (nSPS) is 23.5. The third-order valence-corrected chi connectivity index (χ3v) is 8.69. The zero-order valence-electron chi connectivity index (χ0n) is 22.2. The molecule has 3 saturated heterocycles. The lowest BCUT2D eigenvalue weighted by Gasteiger charge is -2.35. The highest BCUT2D eigenvalue weighted by Crippen LogP contribution is 2.36. The van der Waals surface area contributed by atoms with Crippen molar-refractivity contribution >= 4 is 50.5 Å². The van der Waals surface area contributed by atoms with E-state index < -0.39 is 16.1 Å². The van der Waals surface area contributed by atoms with Gasteiger partial charge in [-0.1, -0.05) is 11.6 Å². The van der Waals surface area contributed by atoms with Crippen molar-refractivity contribution in [3.8, 4) is 0 Å². The highest BCUT2D eigenvalue weighted by atomic mass is 35.5. The van der Waals surface area contributed by atoms with Gasteiger partial charge >= 0.3 is 0 Å². The maximum absolute atomic E-state index is 13.9. The fourth-order valence-corrected chi connectivity index (χ4v) is 6.43. The first-order valence-corrected chi connectivity index (χ1v) is 15.8. The standard InChI is InChI=1S/C26H33ClN8O4S/c1-40(38,39)31-19-7-6-16(27)11-17(19)26(37)34-10-3-2-5-21(34)20-12-24-29-23(32-8-4-9-32)13-25(35(24)30-20)33-14-18(28)22(36)15-33/h6-7,11-13,18,21-22,31,36H,2-5,8-10,14-15,28H2,1H3/t18-,21+,22-/m1/s1. The number of nitrogens with one attached hydrogen (secondary N) is 1. The zero-order chi connectivity index (χ0) is 28.2. The van der Waals surface area contributed by atoms with Gasteiger partial charge in [-0.25, -0.2) is 13.4 Å². The predicted octanol–water partition coefficient (Wildman–Crippen LogP) is 1.84. The molecule has 2 aromatic heterocycles. The second-order valence-corrected chi connectivity index (χ2v) is 13.0. The summed E-state index contributed by atoms with van der Waals surface area (Å²) in [4.78, 5) is 24.8. The van der Waals surface area contributed by atoms with E-state index in [4.69, 9.17) is 27.4 Å². The molecule has 1 amide bonds. The third-order valence-electron chi connectivity index (χ3n) is 7.86. The predicted molar refractivity (Wildman–Crippen MR) is 154 cm³/mol. The summed E-state index contributed by atoms with van der Waals surface area (Å²) in [6.07, 6.45) is 3.95. The number of halogens is 1. The first kappa shape index (κ1) is 27.1. The Hall–Kier alpha value is -3.13. The molecular weight excluding hydrogens is 556 g/mol. The Balaban J connectivity index is 1.39. The van der Waals surface area contributed by atoms with Crippen LogP contribution >= 0.6 is 11.6 Å². The second-order valence-electron chi connectivity index (χ2n) is 10.9. The Bertz CT molecular complexity index is 1550. The lowest BCUT2D eigenvalue weighted by Crippen LogP contribution is -2.39. The van der Waals surface area contributed by atoms with E-state index >= 15 is 0 Å². The molecule has 6 rings (SSSR count). The number of carbonyl (C=O) groups excluding carboxylic acids is 1. The second kappa shape index (κ2) is 10.4. The number of likely N-dealkylation sites (tertiary alicyclic amines) is 1. The molecule has 0 bridgehead atoms. The number of rotatable bonds is 6. The van der Waals surface area contributed by atoms with Crippen LogP contribution in [0.15, 0.2) is 30.3 Å². The quantitative estimate of drug-likeness (QED) is 0.392. The SMILES string of the molecule is CS(=O)(=O)Nc1ccc(Cl)cc1C(=O)N1CCCC[C@H]1c1cc2nc(N3CCC3)cc(N3C[C@@H](N)[C@H](O)C3)n2n1. The Morgan fingerprint density at radius 2 is 1.90 bits per heavy atom. The van der Waals surface area contributed by atoms with E-state index in [1.54, 1.807) is 15.5 Å². The number of anilines is 3. The molecule has 0 radical (unpaired) electrons. The molecule has 1 aromatic carbocycles. The fourth-order valence-electron chi connectivity index (χ4n) is 5.68. The number of β-amino-alcohol motifs (C(OH)–C–C–N with tert-alkyl or cyclic N) is 1. The molecule has 3 aromatic rings. The van der Waals surface area contributed by atoms with Crippen molar-refractivity contribution in [2.45, 2.75) is 43.9 Å². The monoisotopic (exact) mass is 588 g/mol. The number of sulfonamides is 1. The highest BCUT2D eigenvalue weighted by Gasteiger charge is 2.34. The van der Waals surface area contributed by atoms with Gasteiger partial charge in [0.25, 0.3) is 5.91 Å². The number of aromatic nitrogens is 3. The van der Waals surface area contributed by atoms with Gasteiger partial charge < -0.3 is 25.5 Å². The summed E-state index contributed by atoms with van der Waals surface area (Å²) in [7, 11) is -3.61. The van der Waals surface area contributed by atoms with Gasteiger partial charge in [0.05, 0.1) is 35.3 Å². The zero-order valence-corrected chi connectivity index (χ0v) is 23.8. The van der Waals surface area contributed by atoms with Crippen LogP contribution in [0.1, 0.15) is 47.8 Å². The van der Waals surface area contributed by atoms with Crippen LogP contribution < -0.4 is 20.3 Å². The Kier molecular flexibility index (Phi) is 7.01. The average Bonchev–Trinajstić information content (AvgIpc) is 3.45. The number of carbonyl (C=O) groups is 1. The molecule has 0 saturated carbocycles. The number of nitrogens with zero attached hydrogens (tertiary/aromatic N) is 6. The van der Waals surface area contributed by atoms with Crippen molar-refractivity contribution < 1.29 is 18.3 Å². The van der Waals surface area contributed by atoms with Crippen LogP contribution in [0.5, 0.6) is 0 Å². The summed E-state index contributed by atoms with van der Waals surface area (Å²) in [6.45, 7) is 3.25. The van der Waals surface area contributed by atoms with Crippen LogP contribution in [0.25, 0.3) is 5.65 Å². The van der Waals surface area contributed by atoms with Gasteiger partial charge in [0.15, 0.2) is 5.65 Å². The number of hydrogen-bond donors (Lipinski definition) is 3. The van der Waals surface area contributed by atoms with Crippen LogP contribution in [0.3, 0.4) is 0 Å². The molecule has 5 heterocycles. The van der Waals surface area contributed by atoms with E-state index in [0.717, 1.165) is 50.2 Å². The number of nitrogens with two attached hydrogens (primary N) is 1. The van der Waals surface area contributed by atoms with Crippen LogP contribution in [0.4, 0.5) is 17.3 Å². The Morgan fingerprint density at radius 1 is 1.10 bits per heavy atom. The van der Waals surface area contributed by atoms with Gasteiger partial charge in [0, 0.05) is 55.9 Å². The first-order chi connectivity index (χ1) is 19.1. The lowest BCUT2D eigenvalue weighted by atomic mass is 9.98. The smallest absolute Gasteiger partial charge is 0.256 e. The fraction of sp³-hybridized carbons (Fsp3) is 0.500. The van der Waals surface area contributed by atoms with Gasteiger partial charge in [-0.2, -0.15) is 9.61 Å². The van der Waals surface area contributed by atoms with Gasteiger partial charge in [-0.05, 0) is 43.9 Å². The van der Waals surface area contributed by atoms with E-state index in [0.29, 0.717) is 42.4 Å². The van der Waals surface area contributed by atoms with Crippen molar-refractivity contribution in [2.75, 3.05) is 53.5 Å². The molecule has 4 N–H and O–H groups in total. The molecule has 3 aliphatic rings. The minimum atomic E-state index is -3.61. The molecule has 3 atom stereocenters. The van der Waals surface area contributed by atoms with E-state index in [2.05, 4.69) is 9.62 Å². The third kappa shape index (κ3) is 5.18.